The molecule has 2 heterocycles. The van der Waals surface area contributed by atoms with Gasteiger partial charge in [0.15, 0.2) is 0 Å². The van der Waals surface area contributed by atoms with Crippen molar-refractivity contribution in [3.05, 3.63) is 44.8 Å². The second kappa shape index (κ2) is 9.73. The molecule has 0 atom stereocenters. The van der Waals surface area contributed by atoms with Crippen LogP contribution >= 0.6 is 22.7 Å². The Morgan fingerprint density at radius 3 is 2.12 bits per heavy atom. The number of carbonyl (C=O) groups is 2. The lowest BCUT2D eigenvalue weighted by atomic mass is 10.1. The Balaban J connectivity index is 1.81. The lowest BCUT2D eigenvalue weighted by Crippen LogP contribution is -2.41. The molecule has 0 aliphatic rings. The molecule has 0 unspecified atom stereocenters. The van der Waals surface area contributed by atoms with Crippen LogP contribution in [0.15, 0.2) is 35.0 Å². The Kier molecular flexibility index (Phi) is 7.66. The van der Waals surface area contributed by atoms with Crippen molar-refractivity contribution in [3.8, 4) is 0 Å². The van der Waals surface area contributed by atoms with Gasteiger partial charge < -0.3 is 15.0 Å². The molecule has 0 spiro atoms. The van der Waals surface area contributed by atoms with Crippen LogP contribution in [0.5, 0.6) is 0 Å². The van der Waals surface area contributed by atoms with Gasteiger partial charge in [-0.3, -0.25) is 4.79 Å². The summed E-state index contributed by atoms with van der Waals surface area (Å²) in [5, 5.41) is 6.77. The summed E-state index contributed by atoms with van der Waals surface area (Å²) in [7, 11) is 0. The smallest absolute Gasteiger partial charge is 0.407 e. The molecule has 26 heavy (non-hydrogen) atoms. The quantitative estimate of drug-likeness (QED) is 0.663. The van der Waals surface area contributed by atoms with Crippen LogP contribution in [0.3, 0.4) is 0 Å². The van der Waals surface area contributed by atoms with Crippen LogP contribution in [-0.4, -0.2) is 29.0 Å². The van der Waals surface area contributed by atoms with E-state index in [-0.39, 0.29) is 18.1 Å². The Morgan fingerprint density at radius 2 is 1.65 bits per heavy atom. The number of hydrogen-bond donors (Lipinski definition) is 1. The molecule has 2 aromatic heterocycles. The third-order valence-electron chi connectivity index (χ3n) is 3.45. The van der Waals surface area contributed by atoms with Gasteiger partial charge in [-0.25, -0.2) is 4.79 Å². The second-order valence-corrected chi connectivity index (χ2v) is 9.09. The summed E-state index contributed by atoms with van der Waals surface area (Å²) in [4.78, 5) is 28.5. The molecule has 0 aliphatic carbocycles. The molecule has 0 saturated heterocycles. The highest BCUT2D eigenvalue weighted by Crippen LogP contribution is 2.18. The minimum Gasteiger partial charge on any atom is -0.450 e. The van der Waals surface area contributed by atoms with Crippen LogP contribution < -0.4 is 5.32 Å². The fourth-order valence-corrected chi connectivity index (χ4v) is 3.74. The number of nitrogens with zero attached hydrogens (tertiary/aromatic N) is 1. The highest BCUT2D eigenvalue weighted by Gasteiger charge is 2.17. The minimum absolute atomic E-state index is 0.0756. The van der Waals surface area contributed by atoms with Gasteiger partial charge in [0.05, 0.1) is 19.7 Å². The van der Waals surface area contributed by atoms with Crippen molar-refractivity contribution in [2.45, 2.75) is 52.2 Å². The largest absolute Gasteiger partial charge is 0.450 e. The average Bonchev–Trinajstić information content (AvgIpc) is 3.22. The van der Waals surface area contributed by atoms with Gasteiger partial charge in [0.25, 0.3) is 0 Å². The average molecular weight is 395 g/mol. The first-order valence-electron chi connectivity index (χ1n) is 8.61. The van der Waals surface area contributed by atoms with Gasteiger partial charge in [0.2, 0.25) is 5.91 Å². The van der Waals surface area contributed by atoms with E-state index in [0.29, 0.717) is 25.9 Å². The number of rotatable bonds is 8. The van der Waals surface area contributed by atoms with Crippen molar-refractivity contribution in [1.82, 2.24) is 10.2 Å². The monoisotopic (exact) mass is 394 g/mol. The van der Waals surface area contributed by atoms with Gasteiger partial charge in [0, 0.05) is 21.7 Å². The van der Waals surface area contributed by atoms with Crippen molar-refractivity contribution in [2.75, 3.05) is 6.61 Å². The van der Waals surface area contributed by atoms with Crippen molar-refractivity contribution >= 4 is 34.7 Å². The zero-order chi connectivity index (χ0) is 19.0. The Labute approximate surface area is 163 Å². The molecule has 142 valence electrons. The SMILES string of the molecule is CC(C)(C)NC(=O)OCCCC(=O)N(Cc1cccs1)Cc1cccs1. The van der Waals surface area contributed by atoms with E-state index in [9.17, 15) is 9.59 Å². The van der Waals surface area contributed by atoms with Crippen molar-refractivity contribution in [2.24, 2.45) is 0 Å². The molecular formula is C19H26N2O3S2. The third kappa shape index (κ3) is 7.58. The molecule has 0 bridgehead atoms. The molecule has 0 aromatic carbocycles. The van der Waals surface area contributed by atoms with E-state index in [2.05, 4.69) is 5.32 Å². The Morgan fingerprint density at radius 1 is 1.08 bits per heavy atom. The molecule has 7 heteroatoms. The molecule has 0 fully saturated rings. The molecule has 1 N–H and O–H groups in total. The van der Waals surface area contributed by atoms with Crippen LogP contribution in [0.1, 0.15) is 43.4 Å². The summed E-state index contributed by atoms with van der Waals surface area (Å²) >= 11 is 3.30. The summed E-state index contributed by atoms with van der Waals surface area (Å²) in [6.07, 6.45) is 0.431. The minimum atomic E-state index is -0.445. The molecule has 5 nitrogen and oxygen atoms in total. The Hall–Kier alpha value is -1.86. The third-order valence-corrected chi connectivity index (χ3v) is 5.17. The van der Waals surface area contributed by atoms with Gasteiger partial charge >= 0.3 is 6.09 Å². The molecule has 0 saturated carbocycles. The van der Waals surface area contributed by atoms with Gasteiger partial charge in [-0.2, -0.15) is 0 Å². The van der Waals surface area contributed by atoms with E-state index >= 15 is 0 Å². The van der Waals surface area contributed by atoms with E-state index in [1.165, 1.54) is 0 Å². The lowest BCUT2D eigenvalue weighted by molar-refractivity contribution is -0.132. The maximum Gasteiger partial charge on any atom is 0.407 e. The zero-order valence-corrected chi connectivity index (χ0v) is 17.1. The normalized spacial score (nSPS) is 11.2. The zero-order valence-electron chi connectivity index (χ0n) is 15.5. The lowest BCUT2D eigenvalue weighted by Gasteiger charge is -2.22. The van der Waals surface area contributed by atoms with Crippen molar-refractivity contribution in [1.29, 1.82) is 0 Å². The standard InChI is InChI=1S/C19H26N2O3S2/c1-19(2,3)20-18(23)24-10-4-9-17(22)21(13-15-7-5-11-25-15)14-16-8-6-12-26-16/h5-8,11-12H,4,9-10,13-14H2,1-3H3,(H,20,23). The first-order chi connectivity index (χ1) is 12.3. The second-order valence-electron chi connectivity index (χ2n) is 7.02. The highest BCUT2D eigenvalue weighted by atomic mass is 32.1. The number of ether oxygens (including phenoxy) is 1. The predicted octanol–water partition coefficient (Wildman–Crippen LogP) is 4.64. The number of nitrogens with one attached hydrogen (secondary N) is 1. The van der Waals surface area contributed by atoms with Gasteiger partial charge in [0.1, 0.15) is 0 Å². The summed E-state index contributed by atoms with van der Waals surface area (Å²) in [5.74, 6) is 0.0756. The van der Waals surface area contributed by atoms with Crippen LogP contribution in [0.2, 0.25) is 0 Å². The summed E-state index contributed by atoms with van der Waals surface area (Å²) in [6.45, 7) is 7.14. The fourth-order valence-electron chi connectivity index (χ4n) is 2.30. The number of carbonyl (C=O) groups excluding carboxylic acids is 2. The molecule has 2 aromatic rings. The molecular weight excluding hydrogens is 368 g/mol. The van der Waals surface area contributed by atoms with E-state index in [0.717, 1.165) is 9.75 Å². The maximum atomic E-state index is 12.6. The molecule has 2 amide bonds. The van der Waals surface area contributed by atoms with Crippen molar-refractivity contribution in [3.63, 3.8) is 0 Å². The Bertz CT molecular complexity index is 640. The van der Waals surface area contributed by atoms with Crippen LogP contribution in [-0.2, 0) is 22.6 Å². The van der Waals surface area contributed by atoms with Gasteiger partial charge in [-0.15, -0.1) is 22.7 Å². The predicted molar refractivity (Wildman–Crippen MR) is 106 cm³/mol. The number of thiophene rings is 2. The summed E-state index contributed by atoms with van der Waals surface area (Å²) in [6, 6.07) is 8.07. The van der Waals surface area contributed by atoms with E-state index < -0.39 is 6.09 Å². The first-order valence-corrected chi connectivity index (χ1v) is 10.4. The van der Waals surface area contributed by atoms with E-state index in [4.69, 9.17) is 4.74 Å². The van der Waals surface area contributed by atoms with E-state index in [1.54, 1.807) is 22.7 Å². The van der Waals surface area contributed by atoms with Crippen LogP contribution in [0.25, 0.3) is 0 Å². The van der Waals surface area contributed by atoms with Gasteiger partial charge in [-0.1, -0.05) is 12.1 Å². The van der Waals surface area contributed by atoms with E-state index in [1.807, 2.05) is 60.7 Å². The first kappa shape index (κ1) is 20.5. The van der Waals surface area contributed by atoms with Crippen LogP contribution in [0.4, 0.5) is 4.79 Å². The topological polar surface area (TPSA) is 58.6 Å². The van der Waals surface area contributed by atoms with Crippen molar-refractivity contribution < 1.29 is 14.3 Å². The number of hydrogen-bond acceptors (Lipinski definition) is 5. The van der Waals surface area contributed by atoms with Gasteiger partial charge in [-0.05, 0) is 50.1 Å². The molecule has 0 aliphatic heterocycles. The summed E-state index contributed by atoms with van der Waals surface area (Å²) < 4.78 is 5.14. The highest BCUT2D eigenvalue weighted by molar-refractivity contribution is 7.10. The fraction of sp³-hybridized carbons (Fsp3) is 0.474. The number of alkyl carbamates (subject to hydrolysis) is 1. The molecule has 2 rings (SSSR count). The maximum absolute atomic E-state index is 12.6. The van der Waals surface area contributed by atoms with Crippen LogP contribution in [0, 0.1) is 0 Å². The summed E-state index contributed by atoms with van der Waals surface area (Å²) in [5.41, 5.74) is -0.328. The molecule has 0 radical (unpaired) electrons. The number of amides is 2.